The first-order chi connectivity index (χ1) is 8.09. The van der Waals surface area contributed by atoms with Crippen LogP contribution in [0.5, 0.6) is 11.5 Å². The molecule has 0 aliphatic heterocycles. The molecule has 0 aliphatic rings. The summed E-state index contributed by atoms with van der Waals surface area (Å²) in [7, 11) is 0. The van der Waals surface area contributed by atoms with Crippen LogP contribution in [0.2, 0.25) is 0 Å². The highest BCUT2D eigenvalue weighted by Gasteiger charge is 2.33. The fourth-order valence-electron chi connectivity index (χ4n) is 1.02. The molecule has 0 saturated carbocycles. The largest absolute Gasteiger partial charge is 0.573 e. The Morgan fingerprint density at radius 1 is 0.833 bits per heavy atom. The summed E-state index contributed by atoms with van der Waals surface area (Å²) in [6.45, 7) is 0. The van der Waals surface area contributed by atoms with E-state index < -0.39 is 29.8 Å². The average molecular weight is 273 g/mol. The molecular formula is C9H3F6O3. The highest BCUT2D eigenvalue weighted by atomic mass is 19.4. The molecule has 18 heavy (non-hydrogen) atoms. The number of alkyl halides is 6. The molecule has 1 rings (SSSR count). The van der Waals surface area contributed by atoms with Crippen molar-refractivity contribution in [3.8, 4) is 11.5 Å². The van der Waals surface area contributed by atoms with E-state index in [1.165, 1.54) is 0 Å². The second kappa shape index (κ2) is 4.75. The van der Waals surface area contributed by atoms with Gasteiger partial charge in [-0.2, -0.15) is 0 Å². The molecule has 3 nitrogen and oxygen atoms in total. The summed E-state index contributed by atoms with van der Waals surface area (Å²) in [5, 5.41) is 0. The van der Waals surface area contributed by atoms with Gasteiger partial charge in [0.15, 0.2) is 0 Å². The van der Waals surface area contributed by atoms with Crippen LogP contribution in [0.15, 0.2) is 18.2 Å². The maximum absolute atomic E-state index is 11.9. The third-order valence-corrected chi connectivity index (χ3v) is 1.47. The van der Waals surface area contributed by atoms with Crippen LogP contribution in [0.4, 0.5) is 26.3 Å². The van der Waals surface area contributed by atoms with Gasteiger partial charge in [-0.25, -0.2) is 0 Å². The van der Waals surface area contributed by atoms with Gasteiger partial charge in [0, 0.05) is 11.6 Å². The van der Waals surface area contributed by atoms with Crippen molar-refractivity contribution in [2.75, 3.05) is 0 Å². The molecule has 1 aromatic carbocycles. The third-order valence-electron chi connectivity index (χ3n) is 1.47. The molecule has 0 fully saturated rings. The normalized spacial score (nSPS) is 12.1. The highest BCUT2D eigenvalue weighted by Crippen LogP contribution is 2.30. The summed E-state index contributed by atoms with van der Waals surface area (Å²) in [6, 6.07) is 1.50. The van der Waals surface area contributed by atoms with Crippen LogP contribution in [0.25, 0.3) is 0 Å². The zero-order chi connectivity index (χ0) is 14.0. The van der Waals surface area contributed by atoms with Crippen molar-refractivity contribution in [2.24, 2.45) is 0 Å². The summed E-state index contributed by atoms with van der Waals surface area (Å²) < 4.78 is 77.9. The van der Waals surface area contributed by atoms with Crippen LogP contribution in [0.1, 0.15) is 5.56 Å². The first-order valence-electron chi connectivity index (χ1n) is 4.14. The molecule has 1 radical (unpaired) electrons. The maximum atomic E-state index is 11.9. The van der Waals surface area contributed by atoms with Crippen LogP contribution in [0, 0.1) is 0 Å². The van der Waals surface area contributed by atoms with Crippen molar-refractivity contribution in [3.63, 3.8) is 0 Å². The second-order valence-electron chi connectivity index (χ2n) is 2.89. The lowest BCUT2D eigenvalue weighted by Crippen LogP contribution is -2.19. The van der Waals surface area contributed by atoms with Crippen LogP contribution < -0.4 is 9.47 Å². The Morgan fingerprint density at radius 3 is 1.50 bits per heavy atom. The van der Waals surface area contributed by atoms with Gasteiger partial charge in [-0.1, -0.05) is 0 Å². The maximum Gasteiger partial charge on any atom is 0.573 e. The predicted octanol–water partition coefficient (Wildman–Crippen LogP) is 2.94. The summed E-state index contributed by atoms with van der Waals surface area (Å²) >= 11 is 0. The summed E-state index contributed by atoms with van der Waals surface area (Å²) in [5.41, 5.74) is -0.573. The van der Waals surface area contributed by atoms with Gasteiger partial charge in [0.1, 0.15) is 11.5 Å². The molecule has 0 aliphatic carbocycles. The van der Waals surface area contributed by atoms with Crippen molar-refractivity contribution in [2.45, 2.75) is 12.7 Å². The molecule has 0 unspecified atom stereocenters. The molecule has 0 atom stereocenters. The van der Waals surface area contributed by atoms with Gasteiger partial charge in [-0.05, 0) is 12.1 Å². The Hall–Kier alpha value is -1.93. The van der Waals surface area contributed by atoms with Gasteiger partial charge >= 0.3 is 12.7 Å². The molecule has 0 aromatic heterocycles. The lowest BCUT2D eigenvalue weighted by molar-refractivity contribution is -0.276. The van der Waals surface area contributed by atoms with E-state index in [1.807, 2.05) is 0 Å². The van der Waals surface area contributed by atoms with Crippen molar-refractivity contribution in [1.29, 1.82) is 0 Å². The first kappa shape index (κ1) is 14.1. The molecule has 0 bridgehead atoms. The Balaban J connectivity index is 3.05. The zero-order valence-electron chi connectivity index (χ0n) is 8.22. The number of halogens is 6. The summed E-state index contributed by atoms with van der Waals surface area (Å²) in [5.74, 6) is -2.02. The van der Waals surface area contributed by atoms with Crippen LogP contribution in [-0.2, 0) is 4.79 Å². The van der Waals surface area contributed by atoms with Gasteiger partial charge < -0.3 is 9.47 Å². The molecule has 0 N–H and O–H groups in total. The van der Waals surface area contributed by atoms with Crippen LogP contribution in [-0.4, -0.2) is 19.0 Å². The van der Waals surface area contributed by atoms with E-state index in [9.17, 15) is 31.1 Å². The lowest BCUT2D eigenvalue weighted by Gasteiger charge is -2.12. The minimum atomic E-state index is -5.10. The third kappa shape index (κ3) is 4.93. The van der Waals surface area contributed by atoms with E-state index in [0.29, 0.717) is 18.2 Å². The number of hydrogen-bond donors (Lipinski definition) is 0. The van der Waals surface area contributed by atoms with Gasteiger partial charge in [-0.15, -0.1) is 26.3 Å². The molecule has 1 aromatic rings. The number of benzene rings is 1. The predicted molar refractivity (Wildman–Crippen MR) is 44.6 cm³/mol. The van der Waals surface area contributed by atoms with Crippen molar-refractivity contribution < 1.29 is 40.6 Å². The van der Waals surface area contributed by atoms with E-state index in [0.717, 1.165) is 6.29 Å². The number of ether oxygens (including phenoxy) is 2. The molecule has 0 heterocycles. The van der Waals surface area contributed by atoms with E-state index in [-0.39, 0.29) is 0 Å². The first-order valence-corrected chi connectivity index (χ1v) is 4.14. The minimum absolute atomic E-state index is 0.349. The van der Waals surface area contributed by atoms with Crippen LogP contribution >= 0.6 is 0 Å². The van der Waals surface area contributed by atoms with Gasteiger partial charge in [0.25, 0.3) is 0 Å². The Bertz CT molecular complexity index is 403. The molecular weight excluding hydrogens is 270 g/mol. The van der Waals surface area contributed by atoms with E-state index in [4.69, 9.17) is 0 Å². The highest BCUT2D eigenvalue weighted by molar-refractivity contribution is 5.77. The molecule has 99 valence electrons. The zero-order valence-corrected chi connectivity index (χ0v) is 8.22. The lowest BCUT2D eigenvalue weighted by atomic mass is 10.2. The quantitative estimate of drug-likeness (QED) is 0.794. The van der Waals surface area contributed by atoms with E-state index in [2.05, 4.69) is 9.47 Å². The molecule has 0 spiro atoms. The standard InChI is InChI=1S/C9H3F6O3/c10-8(11,12)17-6-1-5(4-16)2-7(3-6)18-9(13,14)15/h1-3H. The van der Waals surface area contributed by atoms with Crippen LogP contribution in [0.3, 0.4) is 0 Å². The van der Waals surface area contributed by atoms with E-state index in [1.54, 1.807) is 0 Å². The fraction of sp³-hybridized carbons (Fsp3) is 0.222. The monoisotopic (exact) mass is 273 g/mol. The average Bonchev–Trinajstić information content (AvgIpc) is 2.11. The second-order valence-corrected chi connectivity index (χ2v) is 2.89. The summed E-state index contributed by atoms with van der Waals surface area (Å²) in [4.78, 5) is 10.2. The number of rotatable bonds is 3. The van der Waals surface area contributed by atoms with Crippen molar-refractivity contribution in [3.05, 3.63) is 23.8 Å². The van der Waals surface area contributed by atoms with Gasteiger partial charge in [-0.3, -0.25) is 4.79 Å². The Labute approximate surface area is 95.9 Å². The smallest absolute Gasteiger partial charge is 0.406 e. The topological polar surface area (TPSA) is 35.5 Å². The van der Waals surface area contributed by atoms with Crippen molar-refractivity contribution >= 4 is 6.29 Å². The fourth-order valence-corrected chi connectivity index (χ4v) is 1.02. The molecule has 9 heteroatoms. The number of carbonyl (C=O) groups excluding carboxylic acids is 1. The Kier molecular flexibility index (Phi) is 3.73. The molecule has 0 saturated heterocycles. The Morgan fingerprint density at radius 2 is 1.22 bits per heavy atom. The van der Waals surface area contributed by atoms with Gasteiger partial charge in [0.2, 0.25) is 6.29 Å². The SMILES string of the molecule is O=[C]c1cc(OC(F)(F)F)cc(OC(F)(F)F)c1. The van der Waals surface area contributed by atoms with Gasteiger partial charge in [0.05, 0.1) is 0 Å². The van der Waals surface area contributed by atoms with E-state index >= 15 is 0 Å². The van der Waals surface area contributed by atoms with Crippen molar-refractivity contribution in [1.82, 2.24) is 0 Å². The number of hydrogen-bond acceptors (Lipinski definition) is 3. The molecule has 0 amide bonds. The minimum Gasteiger partial charge on any atom is -0.406 e. The summed E-state index contributed by atoms with van der Waals surface area (Å²) in [6.07, 6.45) is -9.07.